The zero-order valence-corrected chi connectivity index (χ0v) is 12.7. The zero-order valence-electron chi connectivity index (χ0n) is 12.7. The van der Waals surface area contributed by atoms with Crippen LogP contribution in [0, 0.1) is 0 Å². The third-order valence-corrected chi connectivity index (χ3v) is 3.53. The molecule has 0 unspecified atom stereocenters. The van der Waals surface area contributed by atoms with Crippen LogP contribution in [-0.4, -0.2) is 42.9 Å². The molecule has 0 N–H and O–H groups in total. The topological polar surface area (TPSA) is 76.8 Å². The number of anilines is 2. The second kappa shape index (κ2) is 5.12. The number of nitrogens with zero attached hydrogens (tertiary/aromatic N) is 4. The second-order valence-corrected chi connectivity index (χ2v) is 4.99. The van der Waals surface area contributed by atoms with Gasteiger partial charge in [0, 0.05) is 34.4 Å². The van der Waals surface area contributed by atoms with E-state index in [4.69, 9.17) is 4.74 Å². The number of hydrogen-bond acceptors (Lipinski definition) is 6. The highest BCUT2D eigenvalue weighted by atomic mass is 16.5. The Bertz CT molecular complexity index is 744. The fourth-order valence-electron chi connectivity index (χ4n) is 2.48. The Labute approximate surface area is 121 Å². The van der Waals surface area contributed by atoms with E-state index in [0.29, 0.717) is 17.1 Å². The molecule has 8 heteroatoms. The van der Waals surface area contributed by atoms with Crippen molar-refractivity contribution < 1.29 is 9.53 Å². The monoisotopic (exact) mass is 294 g/mol. The molecule has 0 aliphatic carbocycles. The highest BCUT2D eigenvalue weighted by Crippen LogP contribution is 2.26. The van der Waals surface area contributed by atoms with Crippen LogP contribution < -0.4 is 21.0 Å². The molecular weight excluding hydrogens is 276 g/mol. The number of likely N-dealkylation sites (N-methyl/N-ethyl adjacent to an activating group) is 1. The van der Waals surface area contributed by atoms with Gasteiger partial charge in [0.25, 0.3) is 5.56 Å². The van der Waals surface area contributed by atoms with Gasteiger partial charge >= 0.3 is 11.7 Å². The molecule has 1 aliphatic rings. The first-order valence-corrected chi connectivity index (χ1v) is 6.32. The molecule has 114 valence electrons. The van der Waals surface area contributed by atoms with Crippen molar-refractivity contribution in [1.82, 2.24) is 9.13 Å². The van der Waals surface area contributed by atoms with Gasteiger partial charge in [0.2, 0.25) is 0 Å². The van der Waals surface area contributed by atoms with Crippen LogP contribution in [0.4, 0.5) is 11.5 Å². The minimum Gasteiger partial charge on any atom is -0.466 e. The Balaban J connectivity index is 2.75. The van der Waals surface area contributed by atoms with Gasteiger partial charge in [-0.3, -0.25) is 13.9 Å². The summed E-state index contributed by atoms with van der Waals surface area (Å²) in [4.78, 5) is 39.4. The number of carbonyl (C=O) groups is 1. The number of carbonyl (C=O) groups excluding carboxylic acids is 1. The van der Waals surface area contributed by atoms with Crippen LogP contribution in [0.5, 0.6) is 0 Å². The number of ether oxygens (including phenoxy) is 1. The van der Waals surface area contributed by atoms with Gasteiger partial charge in [-0.2, -0.15) is 0 Å². The summed E-state index contributed by atoms with van der Waals surface area (Å²) in [5.41, 5.74) is -0.0976. The minimum atomic E-state index is -0.469. The molecule has 0 spiro atoms. The summed E-state index contributed by atoms with van der Waals surface area (Å²) in [5.74, 6) is -0.0101. The van der Waals surface area contributed by atoms with E-state index in [0.717, 1.165) is 4.57 Å². The Morgan fingerprint density at radius 3 is 2.33 bits per heavy atom. The molecule has 0 atom stereocenters. The van der Waals surface area contributed by atoms with Crippen LogP contribution in [0.25, 0.3) is 0 Å². The number of esters is 1. The molecular formula is C13H18N4O4. The van der Waals surface area contributed by atoms with Crippen LogP contribution >= 0.6 is 0 Å². The average molecular weight is 294 g/mol. The maximum absolute atomic E-state index is 12.4. The average Bonchev–Trinajstić information content (AvgIpc) is 2.58. The molecule has 0 amide bonds. The summed E-state index contributed by atoms with van der Waals surface area (Å²) in [7, 11) is 7.69. The van der Waals surface area contributed by atoms with Gasteiger partial charge in [0.05, 0.1) is 19.2 Å². The number of rotatable bonds is 1. The van der Waals surface area contributed by atoms with Crippen molar-refractivity contribution >= 4 is 17.5 Å². The molecule has 0 bridgehead atoms. The predicted octanol–water partition coefficient (Wildman–Crippen LogP) is -0.973. The lowest BCUT2D eigenvalue weighted by molar-refractivity contribution is -0.136. The lowest BCUT2D eigenvalue weighted by Crippen LogP contribution is -2.42. The van der Waals surface area contributed by atoms with Crippen LogP contribution in [0.1, 0.15) is 0 Å². The highest BCUT2D eigenvalue weighted by molar-refractivity contribution is 5.91. The fraction of sp³-hybridized carbons (Fsp3) is 0.462. The predicted molar refractivity (Wildman–Crippen MR) is 78.7 cm³/mol. The quantitative estimate of drug-likeness (QED) is 0.620. The van der Waals surface area contributed by atoms with Crippen LogP contribution in [0.3, 0.4) is 0 Å². The zero-order chi connectivity index (χ0) is 15.9. The molecule has 1 aromatic heterocycles. The van der Waals surface area contributed by atoms with Crippen molar-refractivity contribution in [2.24, 2.45) is 14.1 Å². The Kier molecular flexibility index (Phi) is 3.63. The molecule has 2 rings (SSSR count). The largest absolute Gasteiger partial charge is 0.466 e. The van der Waals surface area contributed by atoms with E-state index >= 15 is 0 Å². The number of methoxy groups -OCH3 is 1. The number of hydrogen-bond donors (Lipinski definition) is 0. The molecule has 0 radical (unpaired) electrons. The fourth-order valence-corrected chi connectivity index (χ4v) is 2.48. The van der Waals surface area contributed by atoms with Gasteiger partial charge in [0.1, 0.15) is 11.5 Å². The van der Waals surface area contributed by atoms with Crippen molar-refractivity contribution in [3.63, 3.8) is 0 Å². The van der Waals surface area contributed by atoms with Gasteiger partial charge < -0.3 is 14.5 Å². The summed E-state index contributed by atoms with van der Waals surface area (Å²) in [6.45, 7) is 0.241. The van der Waals surface area contributed by atoms with Crippen LogP contribution in [-0.2, 0) is 23.6 Å². The van der Waals surface area contributed by atoms with Crippen molar-refractivity contribution in [3.8, 4) is 0 Å². The van der Waals surface area contributed by atoms with E-state index in [1.165, 1.54) is 18.7 Å². The molecule has 0 saturated heterocycles. The van der Waals surface area contributed by atoms with E-state index in [9.17, 15) is 14.4 Å². The van der Waals surface area contributed by atoms with Crippen molar-refractivity contribution in [2.75, 3.05) is 37.5 Å². The summed E-state index contributed by atoms with van der Waals surface area (Å²) < 4.78 is 7.17. The number of aromatic nitrogens is 2. The van der Waals surface area contributed by atoms with Gasteiger partial charge in [-0.25, -0.2) is 9.59 Å². The smallest absolute Gasteiger partial charge is 0.337 e. The van der Waals surface area contributed by atoms with Crippen molar-refractivity contribution in [2.45, 2.75) is 0 Å². The molecule has 2 heterocycles. The summed E-state index contributed by atoms with van der Waals surface area (Å²) in [5, 5.41) is 0. The van der Waals surface area contributed by atoms with E-state index in [1.54, 1.807) is 37.1 Å². The maximum atomic E-state index is 12.4. The normalized spacial score (nSPS) is 14.4. The summed E-state index contributed by atoms with van der Waals surface area (Å²) in [6.07, 6.45) is 1.56. The number of fused-ring (bicyclic) bond motifs is 1. The van der Waals surface area contributed by atoms with Gasteiger partial charge in [0.15, 0.2) is 0 Å². The first kappa shape index (κ1) is 14.9. The SMILES string of the molecule is COC(=O)C1=CN(C)c2c(n(C)c(=O)n(C)c2=O)N(C)C1. The van der Waals surface area contributed by atoms with Crippen molar-refractivity contribution in [1.29, 1.82) is 0 Å². The lowest BCUT2D eigenvalue weighted by Gasteiger charge is -2.24. The lowest BCUT2D eigenvalue weighted by atomic mass is 10.3. The third-order valence-electron chi connectivity index (χ3n) is 3.53. The molecule has 8 nitrogen and oxygen atoms in total. The molecule has 0 fully saturated rings. The molecule has 0 saturated carbocycles. The standard InChI is InChI=1S/C13H18N4O4/c1-14-6-8(12(19)21-5)7-15(2)10-9(14)11(18)17(4)13(20)16(10)3/h6H,7H2,1-5H3. The molecule has 1 aromatic rings. The van der Waals surface area contributed by atoms with Crippen molar-refractivity contribution in [3.05, 3.63) is 32.6 Å². The first-order chi connectivity index (χ1) is 9.79. The minimum absolute atomic E-state index is 0.241. The van der Waals surface area contributed by atoms with E-state index < -0.39 is 17.2 Å². The second-order valence-electron chi connectivity index (χ2n) is 4.99. The third kappa shape index (κ3) is 2.22. The van der Waals surface area contributed by atoms with Gasteiger partial charge in [-0.15, -0.1) is 0 Å². The highest BCUT2D eigenvalue weighted by Gasteiger charge is 2.27. The van der Waals surface area contributed by atoms with Crippen LogP contribution in [0.15, 0.2) is 21.4 Å². The van der Waals surface area contributed by atoms with Gasteiger partial charge in [-0.05, 0) is 0 Å². The Morgan fingerprint density at radius 1 is 1.14 bits per heavy atom. The molecule has 21 heavy (non-hydrogen) atoms. The summed E-state index contributed by atoms with van der Waals surface area (Å²) in [6, 6.07) is 0. The Hall–Kier alpha value is -2.51. The van der Waals surface area contributed by atoms with E-state index in [-0.39, 0.29) is 6.54 Å². The molecule has 0 aromatic carbocycles. The van der Waals surface area contributed by atoms with E-state index in [2.05, 4.69) is 0 Å². The maximum Gasteiger partial charge on any atom is 0.337 e. The van der Waals surface area contributed by atoms with Gasteiger partial charge in [-0.1, -0.05) is 0 Å². The first-order valence-electron chi connectivity index (χ1n) is 6.32. The molecule has 1 aliphatic heterocycles. The Morgan fingerprint density at radius 2 is 1.76 bits per heavy atom. The van der Waals surface area contributed by atoms with E-state index in [1.807, 2.05) is 0 Å². The summed E-state index contributed by atoms with van der Waals surface area (Å²) >= 11 is 0. The van der Waals surface area contributed by atoms with Crippen LogP contribution in [0.2, 0.25) is 0 Å².